The number of aliphatic hydroxyl groups excluding tert-OH is 1. The van der Waals surface area contributed by atoms with Crippen molar-refractivity contribution in [2.75, 3.05) is 0 Å². The van der Waals surface area contributed by atoms with E-state index >= 15 is 0 Å². The van der Waals surface area contributed by atoms with Crippen molar-refractivity contribution in [2.24, 2.45) is 34.5 Å². The fourth-order valence-electron chi connectivity index (χ4n) is 7.44. The molecule has 0 heterocycles. The van der Waals surface area contributed by atoms with Gasteiger partial charge in [0.05, 0.1) is 6.10 Å². The molecule has 0 aromatic rings. The molecule has 3 saturated carbocycles. The molecule has 1 N–H and O–H groups in total. The topological polar surface area (TPSA) is 20.2 Å². The number of hydrogen-bond acceptors (Lipinski definition) is 1. The first-order valence-corrected chi connectivity index (χ1v) is 11.7. The van der Waals surface area contributed by atoms with Gasteiger partial charge in [-0.3, -0.25) is 0 Å². The molecule has 28 heavy (non-hydrogen) atoms. The Labute approximate surface area is 172 Å². The zero-order chi connectivity index (χ0) is 20.1. The maximum atomic E-state index is 10.2. The molecule has 3 fully saturated rings. The van der Waals surface area contributed by atoms with Gasteiger partial charge in [-0.05, 0) is 93.3 Å². The Hall–Kier alpha value is -1.08. The molecule has 0 radical (unpaired) electrons. The highest BCUT2D eigenvalue weighted by atomic mass is 16.3. The summed E-state index contributed by atoms with van der Waals surface area (Å²) < 4.78 is 0. The highest BCUT2D eigenvalue weighted by molar-refractivity contribution is 5.39. The van der Waals surface area contributed by atoms with Gasteiger partial charge in [0, 0.05) is 0 Å². The van der Waals surface area contributed by atoms with E-state index in [1.807, 2.05) is 0 Å². The molecule has 4 rings (SSSR count). The molecule has 1 heteroatoms. The minimum Gasteiger partial charge on any atom is -0.393 e. The largest absolute Gasteiger partial charge is 0.393 e. The second-order valence-corrected chi connectivity index (χ2v) is 11.0. The SMILES string of the molecule is CC(C)=CC=CC(C)C1CCC2C3=CC=C4CC(O)CCC4(C)C3CCC21C. The predicted octanol–water partition coefficient (Wildman–Crippen LogP) is 7.00. The fourth-order valence-corrected chi connectivity index (χ4v) is 7.44. The Kier molecular flexibility index (Phi) is 5.28. The van der Waals surface area contributed by atoms with Crippen LogP contribution in [0.25, 0.3) is 0 Å². The van der Waals surface area contributed by atoms with Gasteiger partial charge in [0.1, 0.15) is 0 Å². The molecule has 0 saturated heterocycles. The van der Waals surface area contributed by atoms with E-state index < -0.39 is 0 Å². The lowest BCUT2D eigenvalue weighted by molar-refractivity contribution is 0.0383. The molecule has 154 valence electrons. The van der Waals surface area contributed by atoms with Crippen molar-refractivity contribution in [1.82, 2.24) is 0 Å². The van der Waals surface area contributed by atoms with Crippen molar-refractivity contribution in [3.05, 3.63) is 47.1 Å². The lowest BCUT2D eigenvalue weighted by atomic mass is 9.50. The standard InChI is InChI=1S/C27H40O/c1-18(2)7-6-8-19(3)23-11-12-24-22-10-9-20-17-21(28)13-15-26(20,4)25(22)14-16-27(23,24)5/h6-10,19,21,23-25,28H,11-17H2,1-5H3. The average molecular weight is 381 g/mol. The van der Waals surface area contributed by atoms with Crippen LogP contribution >= 0.6 is 0 Å². The molecule has 0 aromatic heterocycles. The van der Waals surface area contributed by atoms with Gasteiger partial charge >= 0.3 is 0 Å². The van der Waals surface area contributed by atoms with Crippen LogP contribution in [0.4, 0.5) is 0 Å². The molecule has 0 spiro atoms. The van der Waals surface area contributed by atoms with E-state index in [2.05, 4.69) is 65.0 Å². The molecule has 4 aliphatic carbocycles. The van der Waals surface area contributed by atoms with Crippen molar-refractivity contribution < 1.29 is 5.11 Å². The molecule has 7 unspecified atom stereocenters. The van der Waals surface area contributed by atoms with Crippen LogP contribution in [0, 0.1) is 34.5 Å². The Morgan fingerprint density at radius 1 is 1.07 bits per heavy atom. The molecule has 0 aliphatic heterocycles. The third-order valence-corrected chi connectivity index (χ3v) is 9.10. The van der Waals surface area contributed by atoms with E-state index in [9.17, 15) is 5.11 Å². The highest BCUT2D eigenvalue weighted by Crippen LogP contribution is 2.65. The zero-order valence-corrected chi connectivity index (χ0v) is 18.7. The summed E-state index contributed by atoms with van der Waals surface area (Å²) in [4.78, 5) is 0. The van der Waals surface area contributed by atoms with Crippen molar-refractivity contribution in [1.29, 1.82) is 0 Å². The second kappa shape index (κ2) is 7.31. The van der Waals surface area contributed by atoms with Crippen molar-refractivity contribution in [3.8, 4) is 0 Å². The molecule has 0 amide bonds. The number of aliphatic hydroxyl groups is 1. The Bertz CT molecular complexity index is 733. The minimum atomic E-state index is -0.118. The molecule has 1 nitrogen and oxygen atoms in total. The van der Waals surface area contributed by atoms with E-state index in [0.717, 1.165) is 31.1 Å². The van der Waals surface area contributed by atoms with Gasteiger partial charge in [-0.2, -0.15) is 0 Å². The van der Waals surface area contributed by atoms with Gasteiger partial charge in [0.15, 0.2) is 0 Å². The predicted molar refractivity (Wildman–Crippen MR) is 119 cm³/mol. The van der Waals surface area contributed by atoms with Gasteiger partial charge in [-0.15, -0.1) is 0 Å². The quantitative estimate of drug-likeness (QED) is 0.522. The summed E-state index contributed by atoms with van der Waals surface area (Å²) in [5.41, 5.74) is 5.42. The number of rotatable bonds is 3. The minimum absolute atomic E-state index is 0.118. The number of fused-ring (bicyclic) bond motifs is 5. The first-order chi connectivity index (χ1) is 13.3. The summed E-state index contributed by atoms with van der Waals surface area (Å²) in [7, 11) is 0. The summed E-state index contributed by atoms with van der Waals surface area (Å²) in [5.74, 6) is 2.93. The summed E-state index contributed by atoms with van der Waals surface area (Å²) in [5, 5.41) is 10.2. The summed E-state index contributed by atoms with van der Waals surface area (Å²) in [6.45, 7) is 11.9. The summed E-state index contributed by atoms with van der Waals surface area (Å²) >= 11 is 0. The Morgan fingerprint density at radius 2 is 1.86 bits per heavy atom. The lowest BCUT2D eigenvalue weighted by Gasteiger charge is -2.55. The molecule has 0 bridgehead atoms. The van der Waals surface area contributed by atoms with E-state index in [-0.39, 0.29) is 6.10 Å². The first-order valence-electron chi connectivity index (χ1n) is 11.7. The molecule has 4 aliphatic rings. The smallest absolute Gasteiger partial charge is 0.0578 e. The summed E-state index contributed by atoms with van der Waals surface area (Å²) in [6.07, 6.45) is 20.3. The number of hydrogen-bond donors (Lipinski definition) is 1. The van der Waals surface area contributed by atoms with E-state index in [0.29, 0.717) is 22.7 Å². The van der Waals surface area contributed by atoms with Crippen LogP contribution in [0.1, 0.15) is 79.6 Å². The molecule has 0 aromatic carbocycles. The summed E-state index contributed by atoms with van der Waals surface area (Å²) in [6, 6.07) is 0. The van der Waals surface area contributed by atoms with Gasteiger partial charge in [-0.1, -0.05) is 67.9 Å². The lowest BCUT2D eigenvalue weighted by Crippen LogP contribution is -2.46. The highest BCUT2D eigenvalue weighted by Gasteiger charge is 2.56. The maximum absolute atomic E-state index is 10.2. The Morgan fingerprint density at radius 3 is 2.61 bits per heavy atom. The zero-order valence-electron chi connectivity index (χ0n) is 18.7. The van der Waals surface area contributed by atoms with Crippen LogP contribution in [-0.2, 0) is 0 Å². The number of allylic oxidation sites excluding steroid dienone is 7. The van der Waals surface area contributed by atoms with Gasteiger partial charge in [-0.25, -0.2) is 0 Å². The third-order valence-electron chi connectivity index (χ3n) is 9.10. The van der Waals surface area contributed by atoms with E-state index in [1.165, 1.54) is 36.8 Å². The molecular weight excluding hydrogens is 340 g/mol. The van der Waals surface area contributed by atoms with Crippen LogP contribution in [0.15, 0.2) is 47.1 Å². The maximum Gasteiger partial charge on any atom is 0.0578 e. The molecular formula is C27H40O. The van der Waals surface area contributed by atoms with Gasteiger partial charge in [0.25, 0.3) is 0 Å². The van der Waals surface area contributed by atoms with Crippen LogP contribution in [0.2, 0.25) is 0 Å². The van der Waals surface area contributed by atoms with Crippen LogP contribution in [0.3, 0.4) is 0 Å². The monoisotopic (exact) mass is 380 g/mol. The molecule has 7 atom stereocenters. The van der Waals surface area contributed by atoms with E-state index in [1.54, 1.807) is 5.57 Å². The van der Waals surface area contributed by atoms with Gasteiger partial charge in [0.2, 0.25) is 0 Å². The average Bonchev–Trinajstić information content (AvgIpc) is 2.99. The van der Waals surface area contributed by atoms with Crippen molar-refractivity contribution >= 4 is 0 Å². The second-order valence-electron chi connectivity index (χ2n) is 11.0. The fraction of sp³-hybridized carbons (Fsp3) is 0.704. The van der Waals surface area contributed by atoms with Crippen LogP contribution in [0.5, 0.6) is 0 Å². The van der Waals surface area contributed by atoms with Crippen molar-refractivity contribution in [2.45, 2.75) is 85.7 Å². The normalized spacial score (nSPS) is 43.5. The van der Waals surface area contributed by atoms with E-state index in [4.69, 9.17) is 0 Å². The van der Waals surface area contributed by atoms with Gasteiger partial charge < -0.3 is 5.11 Å². The third kappa shape index (κ3) is 3.18. The van der Waals surface area contributed by atoms with Crippen molar-refractivity contribution in [3.63, 3.8) is 0 Å². The Balaban J connectivity index is 1.59. The van der Waals surface area contributed by atoms with Crippen LogP contribution < -0.4 is 0 Å². The van der Waals surface area contributed by atoms with Crippen LogP contribution in [-0.4, -0.2) is 11.2 Å². The first kappa shape index (κ1) is 20.2.